The number of hydrogen-bond acceptors (Lipinski definition) is 3. The van der Waals surface area contributed by atoms with Gasteiger partial charge >= 0.3 is 6.03 Å². The second kappa shape index (κ2) is 6.48. The Kier molecular flexibility index (Phi) is 4.22. The molecule has 0 saturated carbocycles. The van der Waals surface area contributed by atoms with Crippen LogP contribution >= 0.6 is 0 Å². The first-order chi connectivity index (χ1) is 13.3. The van der Waals surface area contributed by atoms with Gasteiger partial charge < -0.3 is 10.2 Å². The van der Waals surface area contributed by atoms with E-state index in [0.717, 1.165) is 12.0 Å². The standard InChI is InChI=1S/C22H23N3O3/c1-22(2,3)25-19(26)17-9-8-16(12-18(17)20(25)27)23-21(28)24-11-10-14-6-4-5-7-15(14)13-24/h4-9,12H,10-11,13H2,1-3H3,(H,23,28). The number of fused-ring (bicyclic) bond motifs is 2. The first-order valence-corrected chi connectivity index (χ1v) is 9.41. The summed E-state index contributed by atoms with van der Waals surface area (Å²) in [6, 6.07) is 12.8. The van der Waals surface area contributed by atoms with Crippen LogP contribution in [0.4, 0.5) is 10.5 Å². The molecule has 0 aliphatic carbocycles. The third kappa shape index (κ3) is 3.05. The third-order valence-electron chi connectivity index (χ3n) is 5.23. The van der Waals surface area contributed by atoms with Crippen LogP contribution < -0.4 is 5.32 Å². The molecule has 2 aromatic rings. The first kappa shape index (κ1) is 18.2. The lowest BCUT2D eigenvalue weighted by Crippen LogP contribution is -2.45. The van der Waals surface area contributed by atoms with Gasteiger partial charge in [0.15, 0.2) is 0 Å². The summed E-state index contributed by atoms with van der Waals surface area (Å²) in [5, 5.41) is 2.87. The number of nitrogens with zero attached hydrogens (tertiary/aromatic N) is 2. The molecule has 0 atom stereocenters. The molecule has 1 N–H and O–H groups in total. The van der Waals surface area contributed by atoms with Gasteiger partial charge in [0.05, 0.1) is 11.1 Å². The molecule has 2 aliphatic rings. The van der Waals surface area contributed by atoms with E-state index < -0.39 is 5.54 Å². The highest BCUT2D eigenvalue weighted by molar-refractivity contribution is 6.22. The van der Waals surface area contributed by atoms with Gasteiger partial charge in [-0.2, -0.15) is 0 Å². The van der Waals surface area contributed by atoms with Crippen molar-refractivity contribution in [2.75, 3.05) is 11.9 Å². The number of benzene rings is 2. The zero-order chi connectivity index (χ0) is 20.1. The number of amides is 4. The fourth-order valence-electron chi connectivity index (χ4n) is 3.80. The molecular weight excluding hydrogens is 354 g/mol. The molecule has 0 radical (unpaired) electrons. The van der Waals surface area contributed by atoms with Crippen molar-refractivity contribution in [2.45, 2.75) is 39.3 Å². The third-order valence-corrected chi connectivity index (χ3v) is 5.23. The molecule has 2 heterocycles. The highest BCUT2D eigenvalue weighted by Crippen LogP contribution is 2.31. The zero-order valence-corrected chi connectivity index (χ0v) is 16.3. The van der Waals surface area contributed by atoms with E-state index in [1.807, 2.05) is 39.0 Å². The number of hydrogen-bond donors (Lipinski definition) is 1. The Morgan fingerprint density at radius 2 is 1.64 bits per heavy atom. The molecule has 6 heteroatoms. The topological polar surface area (TPSA) is 69.7 Å². The van der Waals surface area contributed by atoms with E-state index in [0.29, 0.717) is 29.9 Å². The van der Waals surface area contributed by atoms with Crippen LogP contribution in [0.1, 0.15) is 52.6 Å². The Morgan fingerprint density at radius 1 is 0.964 bits per heavy atom. The van der Waals surface area contributed by atoms with Gasteiger partial charge in [0.1, 0.15) is 0 Å². The number of carbonyl (C=O) groups excluding carboxylic acids is 3. The minimum absolute atomic E-state index is 0.209. The largest absolute Gasteiger partial charge is 0.322 e. The fraction of sp³-hybridized carbons (Fsp3) is 0.318. The van der Waals surface area contributed by atoms with Crippen LogP contribution in [0.2, 0.25) is 0 Å². The average Bonchev–Trinajstić information content (AvgIpc) is 2.91. The highest BCUT2D eigenvalue weighted by Gasteiger charge is 2.41. The summed E-state index contributed by atoms with van der Waals surface area (Å²) in [7, 11) is 0. The maximum atomic E-state index is 12.7. The van der Waals surface area contributed by atoms with Crippen molar-refractivity contribution in [1.29, 1.82) is 0 Å². The molecule has 2 aromatic carbocycles. The van der Waals surface area contributed by atoms with Crippen molar-refractivity contribution < 1.29 is 14.4 Å². The lowest BCUT2D eigenvalue weighted by Gasteiger charge is -2.29. The van der Waals surface area contributed by atoms with E-state index in [1.165, 1.54) is 10.5 Å². The minimum Gasteiger partial charge on any atom is -0.320 e. The Hall–Kier alpha value is -3.15. The van der Waals surface area contributed by atoms with E-state index in [4.69, 9.17) is 0 Å². The van der Waals surface area contributed by atoms with Crippen molar-refractivity contribution in [3.63, 3.8) is 0 Å². The molecule has 6 nitrogen and oxygen atoms in total. The molecule has 4 amide bonds. The van der Waals surface area contributed by atoms with Gasteiger partial charge in [0.25, 0.3) is 11.8 Å². The van der Waals surface area contributed by atoms with E-state index in [1.54, 1.807) is 23.1 Å². The minimum atomic E-state index is -0.599. The highest BCUT2D eigenvalue weighted by atomic mass is 16.2. The average molecular weight is 377 g/mol. The monoisotopic (exact) mass is 377 g/mol. The van der Waals surface area contributed by atoms with E-state index in [-0.39, 0.29) is 17.8 Å². The molecule has 0 saturated heterocycles. The van der Waals surface area contributed by atoms with Gasteiger partial charge in [-0.25, -0.2) is 4.79 Å². The van der Waals surface area contributed by atoms with Crippen molar-refractivity contribution in [1.82, 2.24) is 9.80 Å². The fourth-order valence-corrected chi connectivity index (χ4v) is 3.80. The molecule has 0 fully saturated rings. The molecule has 0 unspecified atom stereocenters. The summed E-state index contributed by atoms with van der Waals surface area (Å²) >= 11 is 0. The van der Waals surface area contributed by atoms with Crippen LogP contribution in [0.15, 0.2) is 42.5 Å². The van der Waals surface area contributed by atoms with Gasteiger partial charge in [0.2, 0.25) is 0 Å². The van der Waals surface area contributed by atoms with Crippen LogP contribution in [-0.4, -0.2) is 39.7 Å². The number of urea groups is 1. The van der Waals surface area contributed by atoms with Crippen molar-refractivity contribution in [3.05, 3.63) is 64.7 Å². The van der Waals surface area contributed by atoms with Gasteiger partial charge in [-0.1, -0.05) is 24.3 Å². The molecule has 4 rings (SSSR count). The summed E-state index contributed by atoms with van der Waals surface area (Å²) in [6.45, 7) is 6.67. The van der Waals surface area contributed by atoms with E-state index in [2.05, 4.69) is 11.4 Å². The molecule has 0 aromatic heterocycles. The predicted molar refractivity (Wildman–Crippen MR) is 106 cm³/mol. The van der Waals surface area contributed by atoms with Gasteiger partial charge in [-0.15, -0.1) is 0 Å². The van der Waals surface area contributed by atoms with Crippen LogP contribution in [0.25, 0.3) is 0 Å². The number of carbonyl (C=O) groups is 3. The Morgan fingerprint density at radius 3 is 2.36 bits per heavy atom. The summed E-state index contributed by atoms with van der Waals surface area (Å²) in [4.78, 5) is 41.0. The second-order valence-corrected chi connectivity index (χ2v) is 8.25. The Bertz CT molecular complexity index is 991. The van der Waals surface area contributed by atoms with Crippen LogP contribution in [-0.2, 0) is 13.0 Å². The number of imide groups is 1. The number of rotatable bonds is 1. The Labute approximate surface area is 164 Å². The van der Waals surface area contributed by atoms with Crippen LogP contribution in [0.5, 0.6) is 0 Å². The van der Waals surface area contributed by atoms with Crippen LogP contribution in [0.3, 0.4) is 0 Å². The lowest BCUT2D eigenvalue weighted by atomic mass is 10.0. The molecular formula is C22H23N3O3. The molecule has 28 heavy (non-hydrogen) atoms. The molecule has 0 bridgehead atoms. The maximum Gasteiger partial charge on any atom is 0.322 e. The van der Waals surface area contributed by atoms with Crippen LogP contribution in [0, 0.1) is 0 Å². The second-order valence-electron chi connectivity index (χ2n) is 8.25. The molecule has 0 spiro atoms. The number of nitrogens with one attached hydrogen (secondary N) is 1. The van der Waals surface area contributed by atoms with E-state index >= 15 is 0 Å². The van der Waals surface area contributed by atoms with Gasteiger partial charge in [0, 0.05) is 24.3 Å². The smallest absolute Gasteiger partial charge is 0.320 e. The van der Waals surface area contributed by atoms with Gasteiger partial charge in [-0.3, -0.25) is 14.5 Å². The maximum absolute atomic E-state index is 12.7. The normalized spacial score (nSPS) is 16.1. The molecule has 144 valence electrons. The number of anilines is 1. The molecule has 2 aliphatic heterocycles. The zero-order valence-electron chi connectivity index (χ0n) is 16.3. The summed E-state index contributed by atoms with van der Waals surface area (Å²) in [5.74, 6) is -0.617. The van der Waals surface area contributed by atoms with Gasteiger partial charge in [-0.05, 0) is 56.5 Å². The van der Waals surface area contributed by atoms with E-state index in [9.17, 15) is 14.4 Å². The summed E-state index contributed by atoms with van der Waals surface area (Å²) in [6.07, 6.45) is 0.821. The quantitative estimate of drug-likeness (QED) is 0.771. The SMILES string of the molecule is CC(C)(C)N1C(=O)c2ccc(NC(=O)N3CCc4ccccc4C3)cc2C1=O. The predicted octanol–water partition coefficient (Wildman–Crippen LogP) is 3.67. The van der Waals surface area contributed by atoms with Crippen molar-refractivity contribution in [2.24, 2.45) is 0 Å². The summed E-state index contributed by atoms with van der Waals surface area (Å²) < 4.78 is 0. The van der Waals surface area contributed by atoms with Crippen molar-refractivity contribution >= 4 is 23.5 Å². The first-order valence-electron chi connectivity index (χ1n) is 9.41. The van der Waals surface area contributed by atoms with Crippen molar-refractivity contribution in [3.8, 4) is 0 Å². The summed E-state index contributed by atoms with van der Waals surface area (Å²) in [5.41, 5.74) is 3.05. The Balaban J connectivity index is 1.52. The lowest BCUT2D eigenvalue weighted by molar-refractivity contribution is 0.0507.